The van der Waals surface area contributed by atoms with Crippen molar-refractivity contribution in [2.24, 2.45) is 11.7 Å². The van der Waals surface area contributed by atoms with Crippen molar-refractivity contribution >= 4 is 117 Å². The molecule has 5 aromatic carbocycles. The quantitative estimate of drug-likeness (QED) is 0.0154. The Labute approximate surface area is 595 Å². The van der Waals surface area contributed by atoms with Crippen LogP contribution in [0.15, 0.2) is 97.1 Å². The molecule has 0 spiro atoms. The third kappa shape index (κ3) is 22.6. The van der Waals surface area contributed by atoms with Crippen LogP contribution in [0, 0.1) is 5.92 Å². The van der Waals surface area contributed by atoms with Crippen LogP contribution in [0.1, 0.15) is 77.6 Å². The predicted octanol–water partition coefficient (Wildman–Crippen LogP) is 9.70. The molecule has 98 heavy (non-hydrogen) atoms. The molecular formula is C71H93Br2ClN12O12. The van der Waals surface area contributed by atoms with Crippen LogP contribution in [0.2, 0.25) is 0 Å². The molecule has 0 fully saturated rings. The fraction of sp³-hybridized carbons (Fsp3) is 0.479. The summed E-state index contributed by atoms with van der Waals surface area (Å²) in [5.74, 6) is 0.0566. The van der Waals surface area contributed by atoms with E-state index in [1.54, 1.807) is 25.1 Å². The number of halogens is 3. The summed E-state index contributed by atoms with van der Waals surface area (Å²) in [7, 11) is 7.14. The first-order chi connectivity index (χ1) is 47.5. The summed E-state index contributed by atoms with van der Waals surface area (Å²) in [5, 5.41) is 16.5. The van der Waals surface area contributed by atoms with Crippen molar-refractivity contribution < 1.29 is 57.1 Å². The van der Waals surface area contributed by atoms with E-state index in [1.807, 2.05) is 112 Å². The summed E-state index contributed by atoms with van der Waals surface area (Å²) < 4.78 is 40.2. The smallest absolute Gasteiger partial charge is 0.415 e. The van der Waals surface area contributed by atoms with Gasteiger partial charge in [-0.1, -0.05) is 88.2 Å². The van der Waals surface area contributed by atoms with Crippen molar-refractivity contribution in [3.63, 3.8) is 0 Å². The van der Waals surface area contributed by atoms with Crippen LogP contribution in [-0.2, 0) is 57.1 Å². The van der Waals surface area contributed by atoms with Gasteiger partial charge in [-0.25, -0.2) is 19.6 Å². The monoisotopic (exact) mass is 1500 g/mol. The molecule has 24 nitrogen and oxygen atoms in total. The summed E-state index contributed by atoms with van der Waals surface area (Å²) in [6, 6.07) is 29.3. The largest absolute Gasteiger partial charge is 0.492 e. The van der Waals surface area contributed by atoms with E-state index in [1.165, 1.54) is 9.80 Å². The average Bonchev–Trinajstić information content (AvgIpc) is 1.57. The number of nitrogens with one attached hydrogen (secondary N) is 5. The Morgan fingerprint density at radius 3 is 2.07 bits per heavy atom. The van der Waals surface area contributed by atoms with Crippen LogP contribution in [-0.4, -0.2) is 211 Å². The SMILES string of the molecule is CC(C)C(NC(=O)CCOCCOCCOCCOCCNCc1ccc2nc(CBr)c(CBr)nc2c1)C(=O)NC(CCCN)CNc1ccc(COC(=O)N(C)CCN(C)C(=O)Oc2cc3c(c4ccccc24)C(CCl)CN3C(=O)c2cc3cc(OCCN(C)C)ccc3[nH]2)cc1. The van der Waals surface area contributed by atoms with Crippen molar-refractivity contribution in [3.8, 4) is 11.5 Å². The minimum absolute atomic E-state index is 0.000736. The molecule has 530 valence electrons. The van der Waals surface area contributed by atoms with Crippen LogP contribution in [0.25, 0.3) is 32.7 Å². The number of hydrogen-bond donors (Lipinski definition) is 6. The van der Waals surface area contributed by atoms with Gasteiger partial charge in [0.1, 0.15) is 36.4 Å². The summed E-state index contributed by atoms with van der Waals surface area (Å²) in [5.41, 5.74) is 14.9. The first kappa shape index (κ1) is 76.5. The lowest BCUT2D eigenvalue weighted by molar-refractivity contribution is -0.131. The number of hydrogen-bond acceptors (Lipinski definition) is 18. The van der Waals surface area contributed by atoms with Crippen LogP contribution in [0.3, 0.4) is 0 Å². The number of amides is 5. The normalized spacial score (nSPS) is 13.5. The van der Waals surface area contributed by atoms with Crippen molar-refractivity contribution in [1.82, 2.24) is 45.6 Å². The number of nitrogens with two attached hydrogens (primary N) is 1. The Balaban J connectivity index is 0.690. The van der Waals surface area contributed by atoms with Crippen LogP contribution in [0.4, 0.5) is 21.0 Å². The van der Waals surface area contributed by atoms with E-state index in [9.17, 15) is 24.0 Å². The molecule has 0 bridgehead atoms. The second kappa shape index (κ2) is 39.5. The number of anilines is 2. The predicted molar refractivity (Wildman–Crippen MR) is 389 cm³/mol. The summed E-state index contributed by atoms with van der Waals surface area (Å²) >= 11 is 13.6. The van der Waals surface area contributed by atoms with Gasteiger partial charge in [-0.2, -0.15) is 0 Å². The average molecular weight is 1500 g/mol. The molecule has 3 atom stereocenters. The Morgan fingerprint density at radius 2 is 1.40 bits per heavy atom. The van der Waals surface area contributed by atoms with Gasteiger partial charge in [-0.15, -0.1) is 11.6 Å². The van der Waals surface area contributed by atoms with Crippen molar-refractivity contribution in [1.29, 1.82) is 0 Å². The van der Waals surface area contributed by atoms with Gasteiger partial charge in [0, 0.05) is 123 Å². The van der Waals surface area contributed by atoms with E-state index >= 15 is 0 Å². The highest BCUT2D eigenvalue weighted by Crippen LogP contribution is 2.46. The molecule has 7 aromatic rings. The Morgan fingerprint density at radius 1 is 0.735 bits per heavy atom. The van der Waals surface area contributed by atoms with Crippen LogP contribution < -0.4 is 41.4 Å². The number of nitrogens with zero attached hydrogens (tertiary/aromatic N) is 6. The van der Waals surface area contributed by atoms with Crippen molar-refractivity contribution in [2.45, 2.75) is 74.9 Å². The molecule has 3 heterocycles. The third-order valence-electron chi connectivity index (χ3n) is 16.5. The summed E-state index contributed by atoms with van der Waals surface area (Å²) in [6.45, 7) is 11.0. The highest BCUT2D eigenvalue weighted by atomic mass is 79.9. The zero-order valence-electron chi connectivity index (χ0n) is 56.8. The molecule has 1 aliphatic rings. The maximum absolute atomic E-state index is 14.4. The number of likely N-dealkylation sites (N-methyl/N-ethyl adjacent to an activating group) is 3. The lowest BCUT2D eigenvalue weighted by Crippen LogP contribution is -2.53. The Kier molecular flexibility index (Phi) is 30.9. The Bertz CT molecular complexity index is 3740. The van der Waals surface area contributed by atoms with E-state index in [4.69, 9.17) is 60.5 Å². The van der Waals surface area contributed by atoms with Gasteiger partial charge >= 0.3 is 12.2 Å². The van der Waals surface area contributed by atoms with Crippen LogP contribution >= 0.6 is 43.5 Å². The van der Waals surface area contributed by atoms with Crippen LogP contribution in [0.5, 0.6) is 11.5 Å². The van der Waals surface area contributed by atoms with Crippen molar-refractivity contribution in [3.05, 3.63) is 131 Å². The fourth-order valence-corrected chi connectivity index (χ4v) is 12.1. The summed E-state index contributed by atoms with van der Waals surface area (Å²) in [6.07, 6.45) is 0.127. The van der Waals surface area contributed by atoms with E-state index in [0.717, 1.165) is 67.6 Å². The van der Waals surface area contributed by atoms with E-state index < -0.39 is 18.2 Å². The number of benzene rings is 5. The van der Waals surface area contributed by atoms with Gasteiger partial charge in [-0.05, 0) is 110 Å². The molecule has 0 saturated heterocycles. The molecule has 8 rings (SSSR count). The highest BCUT2D eigenvalue weighted by molar-refractivity contribution is 9.09. The maximum Gasteiger partial charge on any atom is 0.415 e. The third-order valence-corrected chi connectivity index (χ3v) is 17.9. The number of fused-ring (bicyclic) bond motifs is 5. The number of carbonyl (C=O) groups excluding carboxylic acids is 5. The number of aromatic amines is 1. The van der Waals surface area contributed by atoms with Gasteiger partial charge in [0.25, 0.3) is 5.91 Å². The standard InChI is InChI=1S/C71H93Br2ClN12O12/c1-47(2)67(82-65(87)21-27-92-30-32-94-34-35-95-33-31-93-28-23-76-43-49-15-19-58-59(36-49)81-62(41-73)61(40-72)80-58)68(88)78-53(10-9-22-75)44-77-52-16-13-48(14-17-52)46-97-70(90)84(5)24-25-85(6)71(91)98-64-39-63-66(56-12-8-7-11-55(56)64)51(42-74)45-86(63)69(89)60-38-50-37-54(18-20-57(50)79-60)96-29-26-83(3)4/h7-8,11-20,36-39,47,51,53,67,76-77,79H,9-10,21-35,40-46,75H2,1-6H3,(H,78,88)(H,82,87). The number of aromatic nitrogens is 3. The molecule has 0 radical (unpaired) electrons. The van der Waals surface area contributed by atoms with Crippen molar-refractivity contribution in [2.75, 3.05) is 150 Å². The van der Waals surface area contributed by atoms with E-state index in [-0.39, 0.29) is 80.0 Å². The number of rotatable bonds is 41. The second-order valence-electron chi connectivity index (χ2n) is 24.6. The minimum Gasteiger partial charge on any atom is -0.492 e. The topological polar surface area (TPSA) is 279 Å². The van der Waals surface area contributed by atoms with Gasteiger partial charge in [0.2, 0.25) is 11.8 Å². The van der Waals surface area contributed by atoms with Gasteiger partial charge < -0.3 is 84.7 Å². The molecule has 3 unspecified atom stereocenters. The molecule has 1 aliphatic heterocycles. The fourth-order valence-electron chi connectivity index (χ4n) is 11.0. The number of H-pyrrole nitrogens is 1. The zero-order chi connectivity index (χ0) is 69.9. The molecule has 0 aliphatic carbocycles. The molecule has 5 amide bonds. The Hall–Kier alpha value is -7.24. The van der Waals surface area contributed by atoms with Gasteiger partial charge in [0.15, 0.2) is 0 Å². The second-order valence-corrected chi connectivity index (χ2v) is 26.0. The lowest BCUT2D eigenvalue weighted by atomic mass is 9.95. The van der Waals surface area contributed by atoms with Gasteiger partial charge in [0.05, 0.1) is 81.0 Å². The van der Waals surface area contributed by atoms with E-state index in [2.05, 4.69) is 70.2 Å². The molecule has 27 heteroatoms. The number of alkyl halides is 3. The van der Waals surface area contributed by atoms with E-state index in [0.29, 0.717) is 132 Å². The molecular weight excluding hydrogens is 1410 g/mol. The number of ether oxygens (including phenoxy) is 7. The number of carbonyl (C=O) groups is 5. The maximum atomic E-state index is 14.4. The lowest BCUT2D eigenvalue weighted by Gasteiger charge is -2.26. The molecule has 2 aromatic heterocycles. The highest BCUT2D eigenvalue weighted by Gasteiger charge is 2.36. The first-order valence-electron chi connectivity index (χ1n) is 33.2. The molecule has 7 N–H and O–H groups in total. The summed E-state index contributed by atoms with van der Waals surface area (Å²) in [4.78, 5) is 87.2. The minimum atomic E-state index is -0.766. The zero-order valence-corrected chi connectivity index (χ0v) is 60.7. The van der Waals surface area contributed by atoms with Gasteiger partial charge in [-0.3, -0.25) is 14.4 Å². The molecule has 0 saturated carbocycles. The first-order valence-corrected chi connectivity index (χ1v) is 35.9.